The molecule has 0 saturated carbocycles. The topological polar surface area (TPSA) is 84.2 Å². The highest BCUT2D eigenvalue weighted by Gasteiger charge is 2.31. The maximum absolute atomic E-state index is 12.1. The molecule has 1 aliphatic heterocycles. The summed E-state index contributed by atoms with van der Waals surface area (Å²) in [6.07, 6.45) is 3.65. The lowest BCUT2D eigenvalue weighted by atomic mass is 10.2. The van der Waals surface area contributed by atoms with Crippen LogP contribution in [0, 0.1) is 0 Å². The van der Waals surface area contributed by atoms with E-state index < -0.39 is 0 Å². The van der Waals surface area contributed by atoms with Crippen LogP contribution >= 0.6 is 11.3 Å². The second-order valence-electron chi connectivity index (χ2n) is 5.66. The predicted octanol–water partition coefficient (Wildman–Crippen LogP) is 2.43. The van der Waals surface area contributed by atoms with Crippen molar-refractivity contribution >= 4 is 22.4 Å². The Morgan fingerprint density at radius 3 is 3.14 bits per heavy atom. The Morgan fingerprint density at radius 2 is 2.45 bits per heavy atom. The molecule has 22 heavy (non-hydrogen) atoms. The van der Waals surface area contributed by atoms with Crippen molar-refractivity contribution < 1.29 is 9.32 Å². The van der Waals surface area contributed by atoms with Gasteiger partial charge in [0, 0.05) is 17.5 Å². The molecule has 1 saturated heterocycles. The second-order valence-corrected chi connectivity index (χ2v) is 6.55. The lowest BCUT2D eigenvalue weighted by Gasteiger charge is -2.20. The van der Waals surface area contributed by atoms with Gasteiger partial charge in [-0.2, -0.15) is 4.98 Å². The van der Waals surface area contributed by atoms with E-state index in [1.54, 1.807) is 6.20 Å². The van der Waals surface area contributed by atoms with E-state index in [0.717, 1.165) is 19.4 Å². The molecule has 2 aromatic heterocycles. The molecule has 3 heterocycles. The molecule has 118 valence electrons. The van der Waals surface area contributed by atoms with Crippen LogP contribution in [-0.4, -0.2) is 39.0 Å². The molecule has 0 spiro atoms. The van der Waals surface area contributed by atoms with Gasteiger partial charge >= 0.3 is 0 Å². The van der Waals surface area contributed by atoms with Gasteiger partial charge in [-0.25, -0.2) is 4.98 Å². The number of thiazole rings is 1. The highest BCUT2D eigenvalue weighted by molar-refractivity contribution is 7.13. The standard InChI is InChI=1S/C14H19N5O2S/c1-9(2)13-17-12(18-21-13)10-4-3-6-19(10)8-11(20)16-14-15-5-7-22-14/h5,7,9-10H,3-4,6,8H2,1-2H3,(H,15,16,20)/t10-/m1/s1. The van der Waals surface area contributed by atoms with Gasteiger partial charge in [0.25, 0.3) is 0 Å². The van der Waals surface area contributed by atoms with Crippen molar-refractivity contribution in [1.82, 2.24) is 20.0 Å². The first kappa shape index (κ1) is 15.1. The lowest BCUT2D eigenvalue weighted by molar-refractivity contribution is -0.117. The van der Waals surface area contributed by atoms with E-state index in [-0.39, 0.29) is 17.9 Å². The number of amides is 1. The third kappa shape index (κ3) is 3.33. The van der Waals surface area contributed by atoms with Crippen LogP contribution in [0.1, 0.15) is 50.4 Å². The number of hydrogen-bond acceptors (Lipinski definition) is 7. The summed E-state index contributed by atoms with van der Waals surface area (Å²) in [5.41, 5.74) is 0. The summed E-state index contributed by atoms with van der Waals surface area (Å²) >= 11 is 1.41. The van der Waals surface area contributed by atoms with Gasteiger partial charge in [0.1, 0.15) is 0 Å². The molecule has 1 atom stereocenters. The van der Waals surface area contributed by atoms with Crippen LogP contribution in [0.25, 0.3) is 0 Å². The number of nitrogens with zero attached hydrogens (tertiary/aromatic N) is 4. The van der Waals surface area contributed by atoms with Crippen molar-refractivity contribution in [3.63, 3.8) is 0 Å². The minimum absolute atomic E-state index is 0.0540. The fourth-order valence-electron chi connectivity index (χ4n) is 2.55. The molecule has 0 unspecified atom stereocenters. The minimum Gasteiger partial charge on any atom is -0.339 e. The molecule has 2 aromatic rings. The highest BCUT2D eigenvalue weighted by Crippen LogP contribution is 2.30. The van der Waals surface area contributed by atoms with Gasteiger partial charge in [0.05, 0.1) is 12.6 Å². The van der Waals surface area contributed by atoms with E-state index in [0.29, 0.717) is 23.4 Å². The highest BCUT2D eigenvalue weighted by atomic mass is 32.1. The fraction of sp³-hybridized carbons (Fsp3) is 0.571. The third-order valence-corrected chi connectivity index (χ3v) is 4.33. The summed E-state index contributed by atoms with van der Waals surface area (Å²) in [7, 11) is 0. The normalized spacial score (nSPS) is 19.0. The average molecular weight is 321 g/mol. The Labute approximate surface area is 132 Å². The first-order valence-corrected chi connectivity index (χ1v) is 8.28. The molecule has 3 rings (SSSR count). The number of anilines is 1. The first-order chi connectivity index (χ1) is 10.6. The fourth-order valence-corrected chi connectivity index (χ4v) is 3.10. The second kappa shape index (κ2) is 6.53. The Bertz CT molecular complexity index is 625. The zero-order chi connectivity index (χ0) is 15.5. The smallest absolute Gasteiger partial charge is 0.240 e. The number of nitrogens with one attached hydrogen (secondary N) is 1. The number of carbonyl (C=O) groups is 1. The first-order valence-electron chi connectivity index (χ1n) is 7.40. The van der Waals surface area contributed by atoms with Crippen molar-refractivity contribution in [2.75, 3.05) is 18.4 Å². The van der Waals surface area contributed by atoms with Crippen LogP contribution in [0.15, 0.2) is 16.1 Å². The minimum atomic E-state index is -0.0607. The summed E-state index contributed by atoms with van der Waals surface area (Å²) in [5.74, 6) is 1.48. The Kier molecular flexibility index (Phi) is 4.49. The van der Waals surface area contributed by atoms with E-state index >= 15 is 0 Å². The molecular formula is C14H19N5O2S. The summed E-state index contributed by atoms with van der Waals surface area (Å²) < 4.78 is 5.28. The third-order valence-electron chi connectivity index (χ3n) is 3.64. The van der Waals surface area contributed by atoms with Gasteiger partial charge in [0.2, 0.25) is 11.8 Å². The molecule has 1 N–H and O–H groups in total. The van der Waals surface area contributed by atoms with Gasteiger partial charge in [0.15, 0.2) is 11.0 Å². The van der Waals surface area contributed by atoms with Gasteiger partial charge in [-0.1, -0.05) is 19.0 Å². The number of rotatable bonds is 5. The molecule has 1 amide bonds. The molecule has 8 heteroatoms. The maximum atomic E-state index is 12.1. The largest absolute Gasteiger partial charge is 0.339 e. The van der Waals surface area contributed by atoms with Crippen LogP contribution in [0.3, 0.4) is 0 Å². The number of hydrogen-bond donors (Lipinski definition) is 1. The summed E-state index contributed by atoms with van der Waals surface area (Å²) in [4.78, 5) is 22.7. The van der Waals surface area contributed by atoms with Crippen molar-refractivity contribution in [1.29, 1.82) is 0 Å². The van der Waals surface area contributed by atoms with Crippen molar-refractivity contribution in [3.05, 3.63) is 23.3 Å². The molecule has 1 aliphatic rings. The SMILES string of the molecule is CC(C)c1nc([C@H]2CCCN2CC(=O)Nc2nccs2)no1. The molecule has 1 fully saturated rings. The molecule has 0 bridgehead atoms. The van der Waals surface area contributed by atoms with Crippen molar-refractivity contribution in [2.45, 2.75) is 38.6 Å². The average Bonchev–Trinajstić information content (AvgIpc) is 3.18. The van der Waals surface area contributed by atoms with E-state index in [4.69, 9.17) is 4.52 Å². The molecular weight excluding hydrogens is 302 g/mol. The van der Waals surface area contributed by atoms with Crippen LogP contribution in [-0.2, 0) is 4.79 Å². The monoisotopic (exact) mass is 321 g/mol. The van der Waals surface area contributed by atoms with Crippen LogP contribution in [0.5, 0.6) is 0 Å². The van der Waals surface area contributed by atoms with Crippen LogP contribution in [0.2, 0.25) is 0 Å². The van der Waals surface area contributed by atoms with E-state index in [1.807, 2.05) is 19.2 Å². The van der Waals surface area contributed by atoms with Crippen LogP contribution in [0.4, 0.5) is 5.13 Å². The van der Waals surface area contributed by atoms with Gasteiger partial charge < -0.3 is 9.84 Å². The zero-order valence-electron chi connectivity index (χ0n) is 12.7. The molecule has 7 nitrogen and oxygen atoms in total. The summed E-state index contributed by atoms with van der Waals surface area (Å²) in [6, 6.07) is 0.0540. The Morgan fingerprint density at radius 1 is 1.59 bits per heavy atom. The zero-order valence-corrected chi connectivity index (χ0v) is 13.5. The summed E-state index contributed by atoms with van der Waals surface area (Å²) in [5, 5.41) is 9.35. The van der Waals surface area contributed by atoms with E-state index in [9.17, 15) is 4.79 Å². The predicted molar refractivity (Wildman–Crippen MR) is 82.7 cm³/mol. The van der Waals surface area contributed by atoms with Crippen molar-refractivity contribution in [3.8, 4) is 0 Å². The Balaban J connectivity index is 1.63. The Hall–Kier alpha value is -1.80. The van der Waals surface area contributed by atoms with Gasteiger partial charge in [-0.05, 0) is 19.4 Å². The molecule has 0 aliphatic carbocycles. The maximum Gasteiger partial charge on any atom is 0.240 e. The summed E-state index contributed by atoms with van der Waals surface area (Å²) in [6.45, 7) is 5.22. The lowest BCUT2D eigenvalue weighted by Crippen LogP contribution is -2.33. The number of carbonyl (C=O) groups excluding carboxylic acids is 1. The van der Waals surface area contributed by atoms with E-state index in [1.165, 1.54) is 11.3 Å². The van der Waals surface area contributed by atoms with Gasteiger partial charge in [-0.15, -0.1) is 11.3 Å². The van der Waals surface area contributed by atoms with E-state index in [2.05, 4.69) is 25.3 Å². The van der Waals surface area contributed by atoms with Crippen molar-refractivity contribution in [2.24, 2.45) is 0 Å². The number of likely N-dealkylation sites (tertiary alicyclic amines) is 1. The van der Waals surface area contributed by atoms with Crippen LogP contribution < -0.4 is 5.32 Å². The quantitative estimate of drug-likeness (QED) is 0.910. The number of aromatic nitrogens is 3. The van der Waals surface area contributed by atoms with Gasteiger partial charge in [-0.3, -0.25) is 9.69 Å². The molecule has 0 radical (unpaired) electrons. The molecule has 0 aromatic carbocycles.